The number of aromatic nitrogens is 1. The molecule has 1 amide bonds. The second kappa shape index (κ2) is 7.04. The highest BCUT2D eigenvalue weighted by molar-refractivity contribution is 5.99. The van der Waals surface area contributed by atoms with Crippen LogP contribution in [0.5, 0.6) is 17.4 Å². The summed E-state index contributed by atoms with van der Waals surface area (Å²) in [5, 5.41) is 13.9. The lowest BCUT2D eigenvalue weighted by Gasteiger charge is -2.18. The van der Waals surface area contributed by atoms with Gasteiger partial charge in [-0.05, 0) is 5.56 Å². The molecule has 0 saturated heterocycles. The molecule has 1 aromatic carbocycles. The lowest BCUT2D eigenvalue weighted by Crippen LogP contribution is -2.24. The molecule has 1 N–H and O–H groups in total. The van der Waals surface area contributed by atoms with Crippen molar-refractivity contribution < 1.29 is 23.9 Å². The molecule has 0 fully saturated rings. The number of methoxy groups -OCH3 is 1. The summed E-state index contributed by atoms with van der Waals surface area (Å²) in [4.78, 5) is 27.1. The molecule has 0 radical (unpaired) electrons. The first-order chi connectivity index (χ1) is 12.1. The molecule has 130 valence electrons. The molecule has 1 aliphatic rings. The Morgan fingerprint density at radius 2 is 2.04 bits per heavy atom. The lowest BCUT2D eigenvalue weighted by atomic mass is 10.1. The summed E-state index contributed by atoms with van der Waals surface area (Å²) in [7, 11) is 1.50. The quantitative estimate of drug-likeness (QED) is 0.648. The highest BCUT2D eigenvalue weighted by Crippen LogP contribution is 2.36. The maximum atomic E-state index is 12.4. The van der Waals surface area contributed by atoms with Gasteiger partial charge in [0.05, 0.1) is 18.1 Å². The topological polar surface area (TPSA) is 113 Å². The number of carbonyl (C=O) groups is 1. The number of benzene rings is 1. The Labute approximate surface area is 142 Å². The fourth-order valence-corrected chi connectivity index (χ4v) is 2.32. The van der Waals surface area contributed by atoms with E-state index in [-0.39, 0.29) is 23.5 Å². The van der Waals surface area contributed by atoms with Gasteiger partial charge < -0.3 is 19.5 Å². The number of amides is 1. The van der Waals surface area contributed by atoms with Crippen LogP contribution in [0.15, 0.2) is 30.5 Å². The summed E-state index contributed by atoms with van der Waals surface area (Å²) < 4.78 is 15.7. The average molecular weight is 345 g/mol. The predicted octanol–water partition coefficient (Wildman–Crippen LogP) is 1.70. The van der Waals surface area contributed by atoms with E-state index in [9.17, 15) is 14.9 Å². The van der Waals surface area contributed by atoms with E-state index in [1.54, 1.807) is 18.3 Å². The Bertz CT molecular complexity index is 806. The van der Waals surface area contributed by atoms with Gasteiger partial charge in [0.25, 0.3) is 11.6 Å². The van der Waals surface area contributed by atoms with Crippen LogP contribution < -0.4 is 19.5 Å². The summed E-state index contributed by atoms with van der Waals surface area (Å²) in [6, 6.07) is 5.94. The fraction of sp³-hybridized carbons (Fsp3) is 0.250. The van der Waals surface area contributed by atoms with Crippen molar-refractivity contribution in [2.24, 2.45) is 0 Å². The number of rotatable bonds is 5. The molecule has 0 atom stereocenters. The van der Waals surface area contributed by atoms with Crippen molar-refractivity contribution in [3.63, 3.8) is 0 Å². The molecule has 0 bridgehead atoms. The number of ether oxygens (including phenoxy) is 3. The molecule has 25 heavy (non-hydrogen) atoms. The molecule has 2 heterocycles. The fourth-order valence-electron chi connectivity index (χ4n) is 2.32. The van der Waals surface area contributed by atoms with Gasteiger partial charge in [-0.25, -0.2) is 4.98 Å². The molecule has 9 heteroatoms. The third-order valence-electron chi connectivity index (χ3n) is 3.56. The van der Waals surface area contributed by atoms with Gasteiger partial charge in [0.1, 0.15) is 18.8 Å². The van der Waals surface area contributed by atoms with Crippen LogP contribution in [-0.4, -0.2) is 36.1 Å². The average Bonchev–Trinajstić information content (AvgIpc) is 2.65. The summed E-state index contributed by atoms with van der Waals surface area (Å²) in [6.07, 6.45) is 1.55. The van der Waals surface area contributed by atoms with E-state index in [1.807, 2.05) is 0 Å². The Balaban J connectivity index is 1.79. The van der Waals surface area contributed by atoms with Crippen LogP contribution in [0.25, 0.3) is 0 Å². The zero-order chi connectivity index (χ0) is 17.8. The Kier molecular flexibility index (Phi) is 4.64. The van der Waals surface area contributed by atoms with Gasteiger partial charge in [0, 0.05) is 24.9 Å². The highest BCUT2D eigenvalue weighted by Gasteiger charge is 2.26. The largest absolute Gasteiger partial charge is 0.486 e. The zero-order valence-electron chi connectivity index (χ0n) is 13.4. The first kappa shape index (κ1) is 16.5. The summed E-state index contributed by atoms with van der Waals surface area (Å²) in [6.45, 7) is 0.797. The number of nitro groups is 1. The number of hydrogen-bond donors (Lipinski definition) is 1. The lowest BCUT2D eigenvalue weighted by molar-refractivity contribution is -0.385. The van der Waals surface area contributed by atoms with Gasteiger partial charge in [-0.15, -0.1) is 0 Å². The van der Waals surface area contributed by atoms with Crippen LogP contribution >= 0.6 is 0 Å². The second-order valence-corrected chi connectivity index (χ2v) is 5.16. The van der Waals surface area contributed by atoms with Crippen molar-refractivity contribution in [3.8, 4) is 17.4 Å². The first-order valence-electron chi connectivity index (χ1n) is 7.43. The van der Waals surface area contributed by atoms with Crippen LogP contribution in [0.4, 0.5) is 5.69 Å². The van der Waals surface area contributed by atoms with Crippen molar-refractivity contribution in [1.82, 2.24) is 10.3 Å². The molecule has 2 aromatic rings. The van der Waals surface area contributed by atoms with E-state index in [2.05, 4.69) is 10.3 Å². The number of nitrogens with one attached hydrogen (secondary N) is 1. The third kappa shape index (κ3) is 3.60. The molecule has 0 unspecified atom stereocenters. The molecule has 0 spiro atoms. The zero-order valence-corrected chi connectivity index (χ0v) is 13.4. The van der Waals surface area contributed by atoms with E-state index in [0.29, 0.717) is 24.8 Å². The van der Waals surface area contributed by atoms with Crippen molar-refractivity contribution in [1.29, 1.82) is 0 Å². The number of carbonyl (C=O) groups excluding carboxylic acids is 1. The third-order valence-corrected chi connectivity index (χ3v) is 3.56. The minimum absolute atomic E-state index is 0.0873. The van der Waals surface area contributed by atoms with Crippen molar-refractivity contribution in [2.45, 2.75) is 6.54 Å². The highest BCUT2D eigenvalue weighted by atomic mass is 16.6. The van der Waals surface area contributed by atoms with Gasteiger partial charge in [0.15, 0.2) is 11.5 Å². The SMILES string of the molecule is COc1ccc(CNC(=O)c2cc3c(cc2[N+](=O)[O-])OCCO3)cn1. The number of fused-ring (bicyclic) bond motifs is 1. The minimum Gasteiger partial charge on any atom is -0.486 e. The second-order valence-electron chi connectivity index (χ2n) is 5.16. The number of nitro benzene ring substituents is 1. The van der Waals surface area contributed by atoms with Crippen molar-refractivity contribution in [2.75, 3.05) is 20.3 Å². The van der Waals surface area contributed by atoms with Gasteiger partial charge in [0.2, 0.25) is 5.88 Å². The molecule has 9 nitrogen and oxygen atoms in total. The molecule has 1 aromatic heterocycles. The van der Waals surface area contributed by atoms with E-state index >= 15 is 0 Å². The number of hydrogen-bond acceptors (Lipinski definition) is 7. The van der Waals surface area contributed by atoms with Gasteiger partial charge in [-0.2, -0.15) is 0 Å². The van der Waals surface area contributed by atoms with Crippen molar-refractivity contribution >= 4 is 11.6 Å². The monoisotopic (exact) mass is 345 g/mol. The van der Waals surface area contributed by atoms with E-state index < -0.39 is 10.8 Å². The Morgan fingerprint density at radius 1 is 1.32 bits per heavy atom. The number of pyridine rings is 1. The number of nitrogens with zero attached hydrogens (tertiary/aromatic N) is 2. The summed E-state index contributed by atoms with van der Waals surface area (Å²) >= 11 is 0. The maximum Gasteiger partial charge on any atom is 0.286 e. The van der Waals surface area contributed by atoms with Gasteiger partial charge in [-0.3, -0.25) is 14.9 Å². The van der Waals surface area contributed by atoms with Crippen LogP contribution in [0.1, 0.15) is 15.9 Å². The van der Waals surface area contributed by atoms with Gasteiger partial charge in [-0.1, -0.05) is 6.07 Å². The summed E-state index contributed by atoms with van der Waals surface area (Å²) in [5.74, 6) is 0.444. The predicted molar refractivity (Wildman–Crippen MR) is 86.0 cm³/mol. The molecule has 3 rings (SSSR count). The van der Waals surface area contributed by atoms with E-state index in [4.69, 9.17) is 14.2 Å². The Morgan fingerprint density at radius 3 is 2.64 bits per heavy atom. The molecule has 1 aliphatic heterocycles. The van der Waals surface area contributed by atoms with Crippen LogP contribution in [-0.2, 0) is 6.54 Å². The molecular formula is C16H15N3O6. The molecule has 0 saturated carbocycles. The van der Waals surface area contributed by atoms with E-state index in [0.717, 1.165) is 5.56 Å². The van der Waals surface area contributed by atoms with Crippen LogP contribution in [0.2, 0.25) is 0 Å². The van der Waals surface area contributed by atoms with Gasteiger partial charge >= 0.3 is 0 Å². The normalized spacial score (nSPS) is 12.4. The van der Waals surface area contributed by atoms with Crippen LogP contribution in [0, 0.1) is 10.1 Å². The minimum atomic E-state index is -0.623. The van der Waals surface area contributed by atoms with Crippen molar-refractivity contribution in [3.05, 3.63) is 51.7 Å². The van der Waals surface area contributed by atoms with E-state index in [1.165, 1.54) is 19.2 Å². The first-order valence-corrected chi connectivity index (χ1v) is 7.43. The standard InChI is InChI=1S/C16H15N3O6/c1-23-15-3-2-10(8-17-15)9-18-16(20)11-6-13-14(25-5-4-24-13)7-12(11)19(21)22/h2-3,6-8H,4-5,9H2,1H3,(H,18,20). The van der Waals surface area contributed by atoms with Crippen LogP contribution in [0.3, 0.4) is 0 Å². The summed E-state index contributed by atoms with van der Waals surface area (Å²) in [5.41, 5.74) is 0.305. The molecule has 0 aliphatic carbocycles. The molecular weight excluding hydrogens is 330 g/mol. The Hall–Kier alpha value is -3.36. The maximum absolute atomic E-state index is 12.4. The smallest absolute Gasteiger partial charge is 0.286 e.